The number of pyridine rings is 1. The summed E-state index contributed by atoms with van der Waals surface area (Å²) in [5.74, 6) is 0.662. The van der Waals surface area contributed by atoms with E-state index in [1.807, 2.05) is 18.3 Å². The van der Waals surface area contributed by atoms with Crippen molar-refractivity contribution in [1.82, 2.24) is 19.9 Å². The predicted octanol–water partition coefficient (Wildman–Crippen LogP) is 2.36. The summed E-state index contributed by atoms with van der Waals surface area (Å²) in [6.07, 6.45) is 6.52. The van der Waals surface area contributed by atoms with Crippen molar-refractivity contribution in [3.8, 4) is 11.4 Å². The molecule has 0 bridgehead atoms. The van der Waals surface area contributed by atoms with Gasteiger partial charge >= 0.3 is 0 Å². The van der Waals surface area contributed by atoms with Gasteiger partial charge < -0.3 is 10.1 Å². The quantitative estimate of drug-likeness (QED) is 0.723. The van der Waals surface area contributed by atoms with Gasteiger partial charge in [-0.3, -0.25) is 14.2 Å². The number of methoxy groups -OCH3 is 1. The van der Waals surface area contributed by atoms with Crippen LogP contribution in [-0.4, -0.2) is 27.6 Å². The summed E-state index contributed by atoms with van der Waals surface area (Å²) in [5.41, 5.74) is 3.11. The molecule has 0 saturated heterocycles. The average molecular weight is 390 g/mol. The molecule has 1 aromatic carbocycles. The van der Waals surface area contributed by atoms with Crippen LogP contribution >= 0.6 is 0 Å². The Labute approximate surface area is 168 Å². The van der Waals surface area contributed by atoms with Crippen molar-refractivity contribution in [2.75, 3.05) is 7.11 Å². The average Bonchev–Trinajstić information content (AvgIpc) is 3.20. The lowest BCUT2D eigenvalue weighted by Gasteiger charge is -2.13. The number of hydrogen-bond acceptors (Lipinski definition) is 5. The first-order chi connectivity index (χ1) is 14.1. The highest BCUT2D eigenvalue weighted by Gasteiger charge is 2.19. The number of hydrogen-bond donors (Lipinski definition) is 1. The summed E-state index contributed by atoms with van der Waals surface area (Å²) < 4.78 is 6.77. The van der Waals surface area contributed by atoms with Gasteiger partial charge in [0.2, 0.25) is 0 Å². The molecule has 148 valence electrons. The molecule has 0 saturated carbocycles. The molecule has 0 spiro atoms. The Kier molecular flexibility index (Phi) is 5.12. The van der Waals surface area contributed by atoms with Gasteiger partial charge in [0.25, 0.3) is 11.5 Å². The minimum Gasteiger partial charge on any atom is -0.495 e. The highest BCUT2D eigenvalue weighted by Crippen LogP contribution is 2.21. The van der Waals surface area contributed by atoms with Gasteiger partial charge in [-0.05, 0) is 55.5 Å². The van der Waals surface area contributed by atoms with Crippen LogP contribution in [0.15, 0.2) is 47.5 Å². The van der Waals surface area contributed by atoms with Crippen LogP contribution in [0, 0.1) is 6.92 Å². The lowest BCUT2D eigenvalue weighted by Crippen LogP contribution is -2.33. The van der Waals surface area contributed by atoms with Gasteiger partial charge in [0, 0.05) is 18.1 Å². The fourth-order valence-corrected chi connectivity index (χ4v) is 3.61. The van der Waals surface area contributed by atoms with Crippen LogP contribution in [0.1, 0.15) is 39.4 Å². The number of rotatable bonds is 5. The van der Waals surface area contributed by atoms with Crippen LogP contribution in [0.25, 0.3) is 5.69 Å². The molecule has 0 atom stereocenters. The van der Waals surface area contributed by atoms with Crippen molar-refractivity contribution in [1.29, 1.82) is 0 Å². The number of carbonyl (C=O) groups is 1. The highest BCUT2D eigenvalue weighted by atomic mass is 16.5. The van der Waals surface area contributed by atoms with E-state index in [0.717, 1.165) is 25.0 Å². The molecule has 2 aromatic heterocycles. The molecule has 1 amide bonds. The largest absolute Gasteiger partial charge is 0.495 e. The summed E-state index contributed by atoms with van der Waals surface area (Å²) in [4.78, 5) is 34.7. The van der Waals surface area contributed by atoms with Gasteiger partial charge in [0.15, 0.2) is 0 Å². The molecule has 0 fully saturated rings. The van der Waals surface area contributed by atoms with E-state index in [4.69, 9.17) is 4.74 Å². The van der Waals surface area contributed by atoms with Gasteiger partial charge in [-0.25, -0.2) is 9.97 Å². The SMILES string of the molecule is COc1ccccc1-n1ccc(C)c(C(=O)NCc2ncc3c(n2)CCC3)c1=O. The molecule has 2 heterocycles. The third-order valence-corrected chi connectivity index (χ3v) is 5.14. The summed E-state index contributed by atoms with van der Waals surface area (Å²) in [6.45, 7) is 1.92. The van der Waals surface area contributed by atoms with E-state index in [2.05, 4.69) is 15.3 Å². The van der Waals surface area contributed by atoms with E-state index in [1.165, 1.54) is 10.1 Å². The van der Waals surface area contributed by atoms with Gasteiger partial charge in [0.05, 0.1) is 19.3 Å². The van der Waals surface area contributed by atoms with E-state index >= 15 is 0 Å². The number of aryl methyl sites for hydroxylation is 3. The van der Waals surface area contributed by atoms with E-state index in [0.29, 0.717) is 22.8 Å². The van der Waals surface area contributed by atoms with Gasteiger partial charge in [-0.15, -0.1) is 0 Å². The maximum atomic E-state index is 13.1. The summed E-state index contributed by atoms with van der Waals surface area (Å²) in [5, 5.41) is 2.79. The Hall–Kier alpha value is -3.48. The third kappa shape index (κ3) is 3.63. The van der Waals surface area contributed by atoms with Crippen molar-refractivity contribution < 1.29 is 9.53 Å². The first-order valence-corrected chi connectivity index (χ1v) is 9.56. The molecule has 7 heteroatoms. The Morgan fingerprint density at radius 2 is 2.07 bits per heavy atom. The maximum absolute atomic E-state index is 13.1. The van der Waals surface area contributed by atoms with Crippen LogP contribution in [0.4, 0.5) is 0 Å². The van der Waals surface area contributed by atoms with E-state index in [-0.39, 0.29) is 12.1 Å². The molecule has 0 radical (unpaired) electrons. The second kappa shape index (κ2) is 7.87. The zero-order chi connectivity index (χ0) is 20.4. The number of nitrogens with zero attached hydrogens (tertiary/aromatic N) is 3. The van der Waals surface area contributed by atoms with Crippen molar-refractivity contribution in [2.45, 2.75) is 32.7 Å². The van der Waals surface area contributed by atoms with Crippen molar-refractivity contribution in [2.24, 2.45) is 0 Å². The highest BCUT2D eigenvalue weighted by molar-refractivity contribution is 5.95. The molecule has 3 aromatic rings. The molecule has 7 nitrogen and oxygen atoms in total. The Bertz CT molecular complexity index is 1140. The van der Waals surface area contributed by atoms with Crippen LogP contribution in [-0.2, 0) is 19.4 Å². The third-order valence-electron chi connectivity index (χ3n) is 5.14. The standard InChI is InChI=1S/C22H22N4O3/c1-14-10-11-26(17-8-3-4-9-18(17)29-2)22(28)20(14)21(27)24-13-19-23-12-15-6-5-7-16(15)25-19/h3-4,8-12H,5-7,13H2,1-2H3,(H,24,27). The van der Waals surface area contributed by atoms with Crippen LogP contribution in [0.5, 0.6) is 5.75 Å². The van der Waals surface area contributed by atoms with E-state index in [1.54, 1.807) is 38.4 Å². The minimum atomic E-state index is -0.444. The fraction of sp³-hybridized carbons (Fsp3) is 0.273. The van der Waals surface area contributed by atoms with E-state index in [9.17, 15) is 9.59 Å². The Balaban J connectivity index is 1.61. The topological polar surface area (TPSA) is 86.1 Å². The lowest BCUT2D eigenvalue weighted by atomic mass is 10.1. The number of fused-ring (bicyclic) bond motifs is 1. The Morgan fingerprint density at radius 1 is 1.24 bits per heavy atom. The second-order valence-corrected chi connectivity index (χ2v) is 7.02. The van der Waals surface area contributed by atoms with E-state index < -0.39 is 11.5 Å². The van der Waals surface area contributed by atoms with Crippen molar-refractivity contribution in [3.05, 3.63) is 81.3 Å². The first kappa shape index (κ1) is 18.9. The molecule has 1 N–H and O–H groups in total. The Morgan fingerprint density at radius 3 is 2.90 bits per heavy atom. The van der Waals surface area contributed by atoms with Crippen molar-refractivity contribution in [3.63, 3.8) is 0 Å². The van der Waals surface area contributed by atoms with Crippen LogP contribution < -0.4 is 15.6 Å². The molecule has 29 heavy (non-hydrogen) atoms. The molecule has 4 rings (SSSR count). The lowest BCUT2D eigenvalue weighted by molar-refractivity contribution is 0.0947. The van der Waals surface area contributed by atoms with Crippen LogP contribution in [0.3, 0.4) is 0 Å². The monoisotopic (exact) mass is 390 g/mol. The zero-order valence-corrected chi connectivity index (χ0v) is 16.4. The molecule has 1 aliphatic carbocycles. The normalized spacial score (nSPS) is 12.5. The summed E-state index contributed by atoms with van der Waals surface area (Å²) in [7, 11) is 1.54. The van der Waals surface area contributed by atoms with Crippen molar-refractivity contribution >= 4 is 5.91 Å². The van der Waals surface area contributed by atoms with Gasteiger partial charge in [-0.1, -0.05) is 12.1 Å². The molecule has 0 unspecified atom stereocenters. The van der Waals surface area contributed by atoms with Crippen LogP contribution in [0.2, 0.25) is 0 Å². The maximum Gasteiger partial charge on any atom is 0.268 e. The number of amides is 1. The minimum absolute atomic E-state index is 0.0968. The first-order valence-electron chi connectivity index (χ1n) is 9.56. The molecule has 1 aliphatic rings. The number of nitrogens with one attached hydrogen (secondary N) is 1. The zero-order valence-electron chi connectivity index (χ0n) is 16.4. The molecule has 0 aliphatic heterocycles. The number of aromatic nitrogens is 3. The molecular formula is C22H22N4O3. The summed E-state index contributed by atoms with van der Waals surface area (Å²) >= 11 is 0. The van der Waals surface area contributed by atoms with Gasteiger partial charge in [0.1, 0.15) is 17.1 Å². The summed E-state index contributed by atoms with van der Waals surface area (Å²) in [6, 6.07) is 8.93. The number of para-hydroxylation sites is 2. The number of benzene rings is 1. The smallest absolute Gasteiger partial charge is 0.268 e. The molecular weight excluding hydrogens is 368 g/mol. The fourth-order valence-electron chi connectivity index (χ4n) is 3.61. The predicted molar refractivity (Wildman–Crippen MR) is 109 cm³/mol. The number of ether oxygens (including phenoxy) is 1. The van der Waals surface area contributed by atoms with Gasteiger partial charge in [-0.2, -0.15) is 0 Å². The second-order valence-electron chi connectivity index (χ2n) is 7.02. The number of carbonyl (C=O) groups excluding carboxylic acids is 1.